The van der Waals surface area contributed by atoms with Crippen LogP contribution in [-0.4, -0.2) is 74.2 Å². The molecule has 0 aromatic heterocycles. The first-order valence-electron chi connectivity index (χ1n) is 7.69. The molecule has 1 unspecified atom stereocenters. The number of methoxy groups -OCH3 is 2. The monoisotopic (exact) mass is 298 g/mol. The zero-order valence-electron chi connectivity index (χ0n) is 13.1. The molecule has 2 rings (SSSR count). The third kappa shape index (κ3) is 3.55. The smallest absolute Gasteiger partial charge is 0.249 e. The molecule has 6 nitrogen and oxygen atoms in total. The molecule has 0 N–H and O–H groups in total. The van der Waals surface area contributed by atoms with E-state index in [1.165, 1.54) is 7.11 Å². The molecular weight excluding hydrogens is 272 g/mol. The maximum absolute atomic E-state index is 12.3. The number of ether oxygens (including phenoxy) is 2. The number of carbonyl (C=O) groups is 2. The average Bonchev–Trinajstić information content (AvgIpc) is 2.76. The van der Waals surface area contributed by atoms with Gasteiger partial charge in [-0.15, -0.1) is 0 Å². The van der Waals surface area contributed by atoms with Gasteiger partial charge in [0, 0.05) is 40.5 Å². The molecule has 2 aliphatic heterocycles. The molecule has 2 amide bonds. The summed E-state index contributed by atoms with van der Waals surface area (Å²) in [5.74, 6) is 0.159. The molecule has 1 atom stereocenters. The Labute approximate surface area is 126 Å². The Morgan fingerprint density at radius 1 is 1.29 bits per heavy atom. The van der Waals surface area contributed by atoms with Crippen molar-refractivity contribution in [2.24, 2.45) is 0 Å². The van der Waals surface area contributed by atoms with Crippen LogP contribution in [0.5, 0.6) is 0 Å². The number of likely N-dealkylation sites (tertiary alicyclic amines) is 2. The second-order valence-electron chi connectivity index (χ2n) is 6.00. The minimum atomic E-state index is -0.308. The minimum Gasteiger partial charge on any atom is -0.385 e. The summed E-state index contributed by atoms with van der Waals surface area (Å²) in [6, 6.07) is 0. The number of hydrogen-bond acceptors (Lipinski definition) is 4. The van der Waals surface area contributed by atoms with Crippen molar-refractivity contribution in [3.05, 3.63) is 0 Å². The Morgan fingerprint density at radius 3 is 2.81 bits per heavy atom. The van der Waals surface area contributed by atoms with Gasteiger partial charge < -0.3 is 19.3 Å². The zero-order valence-corrected chi connectivity index (χ0v) is 13.1. The first-order chi connectivity index (χ1) is 10.1. The molecule has 2 aliphatic rings. The maximum atomic E-state index is 12.3. The lowest BCUT2D eigenvalue weighted by atomic mass is 9.85. The quantitative estimate of drug-likeness (QED) is 0.676. The topological polar surface area (TPSA) is 59.1 Å². The Bertz CT molecular complexity index is 388. The van der Waals surface area contributed by atoms with E-state index in [9.17, 15) is 9.59 Å². The fourth-order valence-corrected chi connectivity index (χ4v) is 3.53. The predicted octanol–water partition coefficient (Wildman–Crippen LogP) is 0.653. The van der Waals surface area contributed by atoms with Gasteiger partial charge in [0.1, 0.15) is 6.61 Å². The third-order valence-electron chi connectivity index (χ3n) is 4.51. The Hall–Kier alpha value is -1.14. The van der Waals surface area contributed by atoms with Crippen LogP contribution in [0.1, 0.15) is 32.1 Å². The molecule has 1 spiro atoms. The lowest BCUT2D eigenvalue weighted by molar-refractivity contribution is -0.143. The number of carbonyl (C=O) groups excluding carboxylic acids is 2. The highest BCUT2D eigenvalue weighted by atomic mass is 16.5. The largest absolute Gasteiger partial charge is 0.385 e. The maximum Gasteiger partial charge on any atom is 0.249 e. The molecule has 0 bridgehead atoms. The van der Waals surface area contributed by atoms with Crippen LogP contribution in [0.15, 0.2) is 0 Å². The molecule has 0 radical (unpaired) electrons. The molecule has 2 saturated heterocycles. The first-order valence-corrected chi connectivity index (χ1v) is 7.69. The molecule has 2 fully saturated rings. The van der Waals surface area contributed by atoms with Crippen LogP contribution >= 0.6 is 0 Å². The van der Waals surface area contributed by atoms with Crippen molar-refractivity contribution < 1.29 is 19.1 Å². The van der Waals surface area contributed by atoms with Crippen molar-refractivity contribution in [1.29, 1.82) is 0 Å². The summed E-state index contributed by atoms with van der Waals surface area (Å²) in [4.78, 5) is 28.4. The second kappa shape index (κ2) is 7.22. The summed E-state index contributed by atoms with van der Waals surface area (Å²) >= 11 is 0. The summed E-state index contributed by atoms with van der Waals surface area (Å²) in [5, 5.41) is 0. The van der Waals surface area contributed by atoms with E-state index in [1.54, 1.807) is 7.11 Å². The van der Waals surface area contributed by atoms with Gasteiger partial charge in [-0.3, -0.25) is 9.59 Å². The van der Waals surface area contributed by atoms with Crippen LogP contribution in [0.3, 0.4) is 0 Å². The molecule has 0 saturated carbocycles. The van der Waals surface area contributed by atoms with Crippen molar-refractivity contribution in [2.75, 3.05) is 47.1 Å². The number of amides is 2. The van der Waals surface area contributed by atoms with E-state index in [0.717, 1.165) is 32.2 Å². The molecule has 21 heavy (non-hydrogen) atoms. The fourth-order valence-electron chi connectivity index (χ4n) is 3.53. The van der Waals surface area contributed by atoms with E-state index in [2.05, 4.69) is 0 Å². The van der Waals surface area contributed by atoms with Gasteiger partial charge in [0.25, 0.3) is 0 Å². The summed E-state index contributed by atoms with van der Waals surface area (Å²) < 4.78 is 10.0. The van der Waals surface area contributed by atoms with E-state index >= 15 is 0 Å². The molecular formula is C15H26N2O4. The zero-order chi connectivity index (χ0) is 15.3. The lowest BCUT2D eigenvalue weighted by Gasteiger charge is -2.44. The van der Waals surface area contributed by atoms with E-state index in [0.29, 0.717) is 26.1 Å². The van der Waals surface area contributed by atoms with Crippen molar-refractivity contribution in [1.82, 2.24) is 9.80 Å². The summed E-state index contributed by atoms with van der Waals surface area (Å²) in [6.07, 6.45) is 4.29. The van der Waals surface area contributed by atoms with Gasteiger partial charge in [0.15, 0.2) is 0 Å². The predicted molar refractivity (Wildman–Crippen MR) is 77.9 cm³/mol. The van der Waals surface area contributed by atoms with Crippen LogP contribution in [0.4, 0.5) is 0 Å². The van der Waals surface area contributed by atoms with Crippen molar-refractivity contribution in [3.8, 4) is 0 Å². The minimum absolute atomic E-state index is 0.00346. The van der Waals surface area contributed by atoms with Crippen LogP contribution in [-0.2, 0) is 19.1 Å². The van der Waals surface area contributed by atoms with Crippen LogP contribution in [0, 0.1) is 0 Å². The summed E-state index contributed by atoms with van der Waals surface area (Å²) in [7, 11) is 3.20. The van der Waals surface area contributed by atoms with Gasteiger partial charge in [0.05, 0.1) is 12.0 Å². The highest BCUT2D eigenvalue weighted by molar-refractivity contribution is 5.84. The first kappa shape index (κ1) is 16.2. The lowest BCUT2D eigenvalue weighted by Crippen LogP contribution is -2.57. The van der Waals surface area contributed by atoms with Crippen LogP contribution < -0.4 is 0 Å². The molecule has 6 heteroatoms. The normalized spacial score (nSPS) is 25.9. The number of hydrogen-bond donors (Lipinski definition) is 0. The van der Waals surface area contributed by atoms with E-state index in [4.69, 9.17) is 9.47 Å². The molecule has 0 aliphatic carbocycles. The van der Waals surface area contributed by atoms with Gasteiger partial charge in [-0.05, 0) is 25.7 Å². The highest BCUT2D eigenvalue weighted by Gasteiger charge is 2.49. The Morgan fingerprint density at radius 2 is 2.10 bits per heavy atom. The highest BCUT2D eigenvalue weighted by Crippen LogP contribution is 2.37. The SMILES string of the molecule is COCCCN1CC2(CCCCN2C(=O)COC)CC1=O. The van der Waals surface area contributed by atoms with Gasteiger partial charge in [-0.2, -0.15) is 0 Å². The summed E-state index contributed by atoms with van der Waals surface area (Å²) in [6.45, 7) is 2.86. The van der Waals surface area contributed by atoms with E-state index in [1.807, 2.05) is 9.80 Å². The van der Waals surface area contributed by atoms with E-state index < -0.39 is 0 Å². The number of rotatable bonds is 6. The second-order valence-corrected chi connectivity index (χ2v) is 6.00. The average molecular weight is 298 g/mol. The molecule has 120 valence electrons. The number of nitrogens with zero attached hydrogens (tertiary/aromatic N) is 2. The third-order valence-corrected chi connectivity index (χ3v) is 4.51. The number of piperidine rings is 1. The van der Waals surface area contributed by atoms with Gasteiger partial charge in [-0.25, -0.2) is 0 Å². The van der Waals surface area contributed by atoms with Crippen molar-refractivity contribution >= 4 is 11.8 Å². The van der Waals surface area contributed by atoms with Crippen molar-refractivity contribution in [2.45, 2.75) is 37.6 Å². The molecule has 2 heterocycles. The summed E-state index contributed by atoms with van der Waals surface area (Å²) in [5.41, 5.74) is -0.308. The van der Waals surface area contributed by atoms with Crippen LogP contribution in [0.2, 0.25) is 0 Å². The van der Waals surface area contributed by atoms with Gasteiger partial charge in [-0.1, -0.05) is 0 Å². The van der Waals surface area contributed by atoms with Crippen LogP contribution in [0.25, 0.3) is 0 Å². The Kier molecular flexibility index (Phi) is 5.58. The standard InChI is InChI=1S/C15H26N2O4/c1-20-9-5-7-16-12-15(10-13(16)18)6-3-4-8-17(15)14(19)11-21-2/h3-12H2,1-2H3. The van der Waals surface area contributed by atoms with Gasteiger partial charge >= 0.3 is 0 Å². The Balaban J connectivity index is 2.04. The van der Waals surface area contributed by atoms with Gasteiger partial charge in [0.2, 0.25) is 11.8 Å². The molecule has 0 aromatic rings. The fraction of sp³-hybridized carbons (Fsp3) is 0.867. The van der Waals surface area contributed by atoms with Crippen molar-refractivity contribution in [3.63, 3.8) is 0 Å². The van der Waals surface area contributed by atoms with E-state index in [-0.39, 0.29) is 24.0 Å². The molecule has 0 aromatic carbocycles.